The van der Waals surface area contributed by atoms with Crippen molar-refractivity contribution in [1.82, 2.24) is 14.5 Å². The van der Waals surface area contributed by atoms with Gasteiger partial charge in [0.25, 0.3) is 5.56 Å². The van der Waals surface area contributed by atoms with Gasteiger partial charge in [0.2, 0.25) is 5.91 Å². The third kappa shape index (κ3) is 5.38. The highest BCUT2D eigenvalue weighted by Gasteiger charge is 2.25. The SMILES string of the molecule is CCCCN(C(=O)/C=C/c1ccccc1)C(C)c1nc2ccccc2c(=O)n1-c1ccc(F)cc1. The highest BCUT2D eigenvalue weighted by atomic mass is 19.1. The number of benzene rings is 3. The van der Waals surface area contributed by atoms with Crippen LogP contribution in [0.4, 0.5) is 4.39 Å². The number of hydrogen-bond donors (Lipinski definition) is 0. The number of aromatic nitrogens is 2. The van der Waals surface area contributed by atoms with E-state index in [0.29, 0.717) is 29.0 Å². The lowest BCUT2D eigenvalue weighted by Gasteiger charge is -2.30. The summed E-state index contributed by atoms with van der Waals surface area (Å²) in [4.78, 5) is 33.5. The maximum atomic E-state index is 13.6. The standard InChI is InChI=1S/C29H28FN3O2/c1-3-4-20-32(27(34)19-14-22-10-6-5-7-11-22)21(2)28-31-26-13-9-8-12-25(26)29(35)33(28)24-17-15-23(30)16-18-24/h5-19,21H,3-4,20H2,1-2H3/b19-14+. The van der Waals surface area contributed by atoms with Gasteiger partial charge in [0.1, 0.15) is 11.6 Å². The largest absolute Gasteiger partial charge is 0.329 e. The summed E-state index contributed by atoms with van der Waals surface area (Å²) in [5.41, 5.74) is 1.72. The van der Waals surface area contributed by atoms with Gasteiger partial charge in [-0.15, -0.1) is 0 Å². The van der Waals surface area contributed by atoms with E-state index in [2.05, 4.69) is 6.92 Å². The highest BCUT2D eigenvalue weighted by Crippen LogP contribution is 2.24. The summed E-state index contributed by atoms with van der Waals surface area (Å²) in [7, 11) is 0. The molecule has 0 aliphatic carbocycles. The van der Waals surface area contributed by atoms with Gasteiger partial charge in [-0.05, 0) is 61.4 Å². The topological polar surface area (TPSA) is 55.2 Å². The van der Waals surface area contributed by atoms with E-state index in [1.54, 1.807) is 47.4 Å². The number of fused-ring (bicyclic) bond motifs is 1. The van der Waals surface area contributed by atoms with Crippen molar-refractivity contribution in [3.8, 4) is 5.69 Å². The maximum Gasteiger partial charge on any atom is 0.266 e. The van der Waals surface area contributed by atoms with Crippen LogP contribution in [0.15, 0.2) is 89.7 Å². The Labute approximate surface area is 204 Å². The van der Waals surface area contributed by atoms with Gasteiger partial charge in [-0.2, -0.15) is 0 Å². The molecule has 1 atom stereocenters. The fraction of sp³-hybridized carbons (Fsp3) is 0.207. The molecule has 35 heavy (non-hydrogen) atoms. The second-order valence-corrected chi connectivity index (χ2v) is 8.41. The van der Waals surface area contributed by atoms with Gasteiger partial charge >= 0.3 is 0 Å². The van der Waals surface area contributed by atoms with Crippen LogP contribution >= 0.6 is 0 Å². The molecule has 0 aliphatic heterocycles. The second-order valence-electron chi connectivity index (χ2n) is 8.41. The fourth-order valence-corrected chi connectivity index (χ4v) is 4.06. The van der Waals surface area contributed by atoms with E-state index in [9.17, 15) is 14.0 Å². The first kappa shape index (κ1) is 24.1. The van der Waals surface area contributed by atoms with Crippen molar-refractivity contribution < 1.29 is 9.18 Å². The molecule has 1 unspecified atom stereocenters. The van der Waals surface area contributed by atoms with Gasteiger partial charge < -0.3 is 4.90 Å². The third-order valence-corrected chi connectivity index (χ3v) is 5.98. The normalized spacial score (nSPS) is 12.2. The van der Waals surface area contributed by atoms with Crippen molar-refractivity contribution in [2.45, 2.75) is 32.7 Å². The van der Waals surface area contributed by atoms with E-state index < -0.39 is 11.9 Å². The lowest BCUT2D eigenvalue weighted by atomic mass is 10.1. The lowest BCUT2D eigenvalue weighted by molar-refractivity contribution is -0.128. The first-order valence-corrected chi connectivity index (χ1v) is 11.8. The Balaban J connectivity index is 1.81. The Morgan fingerprint density at radius 3 is 2.43 bits per heavy atom. The minimum Gasteiger partial charge on any atom is -0.329 e. The average molecular weight is 470 g/mol. The number of nitrogens with zero attached hydrogens (tertiary/aromatic N) is 3. The van der Waals surface area contributed by atoms with E-state index in [4.69, 9.17) is 4.98 Å². The summed E-state index contributed by atoms with van der Waals surface area (Å²) in [6, 6.07) is 22.0. The van der Waals surface area contributed by atoms with Gasteiger partial charge in [0, 0.05) is 12.6 Å². The first-order valence-electron chi connectivity index (χ1n) is 11.8. The molecule has 1 heterocycles. The zero-order valence-corrected chi connectivity index (χ0v) is 19.9. The van der Waals surface area contributed by atoms with Crippen LogP contribution in [0, 0.1) is 5.82 Å². The molecule has 0 aliphatic rings. The summed E-state index contributed by atoms with van der Waals surface area (Å²) >= 11 is 0. The third-order valence-electron chi connectivity index (χ3n) is 5.98. The van der Waals surface area contributed by atoms with Crippen LogP contribution in [0.2, 0.25) is 0 Å². The van der Waals surface area contributed by atoms with Crippen molar-refractivity contribution in [3.05, 3.63) is 112 Å². The molecule has 0 saturated carbocycles. The van der Waals surface area contributed by atoms with Crippen LogP contribution in [0.3, 0.4) is 0 Å². The fourth-order valence-electron chi connectivity index (χ4n) is 4.06. The number of carbonyl (C=O) groups is 1. The van der Waals surface area contributed by atoms with E-state index in [1.807, 2.05) is 43.3 Å². The molecule has 1 aromatic heterocycles. The summed E-state index contributed by atoms with van der Waals surface area (Å²) in [6.07, 6.45) is 5.07. The number of carbonyl (C=O) groups excluding carboxylic acids is 1. The highest BCUT2D eigenvalue weighted by molar-refractivity contribution is 5.92. The van der Waals surface area contributed by atoms with E-state index in [1.165, 1.54) is 16.7 Å². The number of halogens is 1. The predicted octanol–water partition coefficient (Wildman–Crippen LogP) is 5.93. The first-order chi connectivity index (χ1) is 17.0. The zero-order chi connectivity index (χ0) is 24.8. The Bertz CT molecular complexity index is 1400. The molecule has 0 fully saturated rings. The molecule has 0 saturated heterocycles. The van der Waals surface area contributed by atoms with E-state index in [-0.39, 0.29) is 11.5 Å². The van der Waals surface area contributed by atoms with Gasteiger partial charge in [-0.25, -0.2) is 9.37 Å². The van der Waals surface area contributed by atoms with Crippen LogP contribution in [0.25, 0.3) is 22.7 Å². The molecule has 0 N–H and O–H groups in total. The number of amides is 1. The smallest absolute Gasteiger partial charge is 0.266 e. The molecule has 5 nitrogen and oxygen atoms in total. The van der Waals surface area contributed by atoms with Crippen molar-refractivity contribution in [2.24, 2.45) is 0 Å². The Kier molecular flexibility index (Phi) is 7.51. The van der Waals surface area contributed by atoms with Crippen LogP contribution in [-0.4, -0.2) is 26.9 Å². The number of rotatable bonds is 8. The summed E-state index contributed by atoms with van der Waals surface area (Å²) in [5.74, 6) is -0.128. The monoisotopic (exact) mass is 469 g/mol. The maximum absolute atomic E-state index is 13.6. The van der Waals surface area contributed by atoms with E-state index >= 15 is 0 Å². The lowest BCUT2D eigenvalue weighted by Crippen LogP contribution is -2.37. The minimum atomic E-state index is -0.503. The molecule has 1 amide bonds. The summed E-state index contributed by atoms with van der Waals surface area (Å²) < 4.78 is 15.1. The molecular formula is C29H28FN3O2. The van der Waals surface area contributed by atoms with Gasteiger partial charge in [-0.1, -0.05) is 55.8 Å². The van der Waals surface area contributed by atoms with Crippen molar-refractivity contribution >= 4 is 22.9 Å². The van der Waals surface area contributed by atoms with Crippen LogP contribution in [-0.2, 0) is 4.79 Å². The van der Waals surface area contributed by atoms with Crippen molar-refractivity contribution in [2.75, 3.05) is 6.54 Å². The zero-order valence-electron chi connectivity index (χ0n) is 19.9. The Morgan fingerprint density at radius 2 is 1.71 bits per heavy atom. The molecule has 3 aromatic carbocycles. The van der Waals surface area contributed by atoms with E-state index in [0.717, 1.165) is 18.4 Å². The van der Waals surface area contributed by atoms with Crippen LogP contribution in [0.1, 0.15) is 44.1 Å². The predicted molar refractivity (Wildman–Crippen MR) is 138 cm³/mol. The van der Waals surface area contributed by atoms with Gasteiger partial charge in [0.15, 0.2) is 0 Å². The van der Waals surface area contributed by atoms with Gasteiger partial charge in [-0.3, -0.25) is 14.2 Å². The summed E-state index contributed by atoms with van der Waals surface area (Å²) in [6.45, 7) is 4.46. The quantitative estimate of drug-likeness (QED) is 0.301. The van der Waals surface area contributed by atoms with Crippen molar-refractivity contribution in [1.29, 1.82) is 0 Å². The molecule has 4 aromatic rings. The van der Waals surface area contributed by atoms with Crippen molar-refractivity contribution in [3.63, 3.8) is 0 Å². The van der Waals surface area contributed by atoms with Crippen LogP contribution < -0.4 is 5.56 Å². The molecule has 0 bridgehead atoms. The Hall–Kier alpha value is -4.06. The molecule has 4 rings (SSSR count). The Morgan fingerprint density at radius 1 is 1.03 bits per heavy atom. The number of hydrogen-bond acceptors (Lipinski definition) is 3. The molecule has 0 spiro atoms. The molecule has 0 radical (unpaired) electrons. The minimum absolute atomic E-state index is 0.164. The molecule has 6 heteroatoms. The number of para-hydroxylation sites is 1. The van der Waals surface area contributed by atoms with Gasteiger partial charge in [0.05, 0.1) is 22.6 Å². The average Bonchev–Trinajstić information content (AvgIpc) is 2.89. The molecule has 178 valence electrons. The summed E-state index contributed by atoms with van der Waals surface area (Å²) in [5, 5.41) is 0.461. The second kappa shape index (κ2) is 10.9. The van der Waals surface area contributed by atoms with Crippen LogP contribution in [0.5, 0.6) is 0 Å². The molecular weight excluding hydrogens is 441 g/mol. The number of unbranched alkanes of at least 4 members (excludes halogenated alkanes) is 1.